The first-order valence-corrected chi connectivity index (χ1v) is 8.34. The lowest BCUT2D eigenvalue weighted by Crippen LogP contribution is -2.23. The highest BCUT2D eigenvalue weighted by Crippen LogP contribution is 2.34. The predicted molar refractivity (Wildman–Crippen MR) is 88.1 cm³/mol. The molecule has 0 saturated carbocycles. The Morgan fingerprint density at radius 3 is 2.63 bits per heavy atom. The number of nitrogens with one attached hydrogen (secondary N) is 1. The molecule has 1 unspecified atom stereocenters. The Morgan fingerprint density at radius 1 is 1.26 bits per heavy atom. The number of benzene rings is 1. The third-order valence-corrected chi connectivity index (χ3v) is 5.18. The molecule has 19 heavy (non-hydrogen) atoms. The summed E-state index contributed by atoms with van der Waals surface area (Å²) in [6.45, 7) is 7.58. The van der Waals surface area contributed by atoms with Gasteiger partial charge >= 0.3 is 0 Å². The molecule has 102 valence electrons. The summed E-state index contributed by atoms with van der Waals surface area (Å²) in [4.78, 5) is 1.36. The minimum atomic E-state index is 0.287. The minimum Gasteiger partial charge on any atom is -0.306 e. The van der Waals surface area contributed by atoms with Gasteiger partial charge in [-0.25, -0.2) is 0 Å². The Labute approximate surface area is 128 Å². The highest BCUT2D eigenvalue weighted by atomic mass is 79.9. The van der Waals surface area contributed by atoms with E-state index in [4.69, 9.17) is 0 Å². The van der Waals surface area contributed by atoms with Crippen molar-refractivity contribution in [2.24, 2.45) is 0 Å². The van der Waals surface area contributed by atoms with Crippen molar-refractivity contribution in [3.8, 4) is 0 Å². The van der Waals surface area contributed by atoms with E-state index in [0.29, 0.717) is 0 Å². The standard InChI is InChI=1S/C16H20BrNS/c1-4-8-18-15(16-14(17)7-9-19-16)13-6-5-11(2)10-12(13)3/h5-7,9-10,15,18H,4,8H2,1-3H3. The van der Waals surface area contributed by atoms with Gasteiger partial charge in [0.2, 0.25) is 0 Å². The molecule has 0 aliphatic carbocycles. The first kappa shape index (κ1) is 14.8. The van der Waals surface area contributed by atoms with Crippen molar-refractivity contribution in [3.05, 3.63) is 55.7 Å². The van der Waals surface area contributed by atoms with E-state index in [-0.39, 0.29) is 6.04 Å². The van der Waals surface area contributed by atoms with Gasteiger partial charge in [0.15, 0.2) is 0 Å². The average Bonchev–Trinajstić information content (AvgIpc) is 2.78. The minimum absolute atomic E-state index is 0.287. The topological polar surface area (TPSA) is 12.0 Å². The van der Waals surface area contributed by atoms with E-state index in [9.17, 15) is 0 Å². The van der Waals surface area contributed by atoms with Crippen LogP contribution in [0.1, 0.15) is 41.0 Å². The number of halogens is 1. The summed E-state index contributed by atoms with van der Waals surface area (Å²) in [5, 5.41) is 5.81. The fourth-order valence-corrected chi connectivity index (χ4v) is 3.99. The van der Waals surface area contributed by atoms with Gasteiger partial charge in [0, 0.05) is 9.35 Å². The Hall–Kier alpha value is -0.640. The van der Waals surface area contributed by atoms with Gasteiger partial charge in [0.05, 0.1) is 6.04 Å². The molecule has 0 aliphatic heterocycles. The second-order valence-corrected chi connectivity index (χ2v) is 6.68. The van der Waals surface area contributed by atoms with Crippen molar-refractivity contribution in [2.45, 2.75) is 33.2 Å². The maximum absolute atomic E-state index is 3.67. The first-order valence-electron chi connectivity index (χ1n) is 6.67. The van der Waals surface area contributed by atoms with Crippen molar-refractivity contribution in [1.29, 1.82) is 0 Å². The molecular weight excluding hydrogens is 318 g/mol. The van der Waals surface area contributed by atoms with Crippen LogP contribution >= 0.6 is 27.3 Å². The smallest absolute Gasteiger partial charge is 0.0685 e. The molecule has 3 heteroatoms. The summed E-state index contributed by atoms with van der Waals surface area (Å²) < 4.78 is 1.20. The van der Waals surface area contributed by atoms with Gasteiger partial charge in [-0.3, -0.25) is 0 Å². The zero-order valence-corrected chi connectivity index (χ0v) is 14.1. The summed E-state index contributed by atoms with van der Waals surface area (Å²) in [6, 6.07) is 9.13. The molecule has 0 saturated heterocycles. The predicted octanol–water partition coefficient (Wildman–Crippen LogP) is 5.22. The summed E-state index contributed by atoms with van der Waals surface area (Å²) in [6.07, 6.45) is 1.14. The van der Waals surface area contributed by atoms with Crippen LogP contribution in [0.5, 0.6) is 0 Å². The summed E-state index contributed by atoms with van der Waals surface area (Å²) in [5.74, 6) is 0. The molecule has 0 fully saturated rings. The van der Waals surface area contributed by atoms with Crippen molar-refractivity contribution >= 4 is 27.3 Å². The Morgan fingerprint density at radius 2 is 2.05 bits per heavy atom. The van der Waals surface area contributed by atoms with Gasteiger partial charge in [-0.1, -0.05) is 30.7 Å². The van der Waals surface area contributed by atoms with Gasteiger partial charge < -0.3 is 5.32 Å². The van der Waals surface area contributed by atoms with Crippen LogP contribution in [0.15, 0.2) is 34.1 Å². The van der Waals surface area contributed by atoms with Crippen LogP contribution < -0.4 is 5.32 Å². The summed E-state index contributed by atoms with van der Waals surface area (Å²) in [7, 11) is 0. The van der Waals surface area contributed by atoms with Gasteiger partial charge in [0.25, 0.3) is 0 Å². The summed E-state index contributed by atoms with van der Waals surface area (Å²) >= 11 is 5.47. The molecule has 1 N–H and O–H groups in total. The average molecular weight is 338 g/mol. The van der Waals surface area contributed by atoms with Crippen LogP contribution in [0.4, 0.5) is 0 Å². The van der Waals surface area contributed by atoms with Crippen molar-refractivity contribution in [1.82, 2.24) is 5.32 Å². The van der Waals surface area contributed by atoms with Crippen LogP contribution in [0.25, 0.3) is 0 Å². The van der Waals surface area contributed by atoms with E-state index in [1.165, 1.54) is 26.0 Å². The highest BCUT2D eigenvalue weighted by molar-refractivity contribution is 9.10. The zero-order chi connectivity index (χ0) is 13.8. The van der Waals surface area contributed by atoms with Crippen molar-refractivity contribution in [3.63, 3.8) is 0 Å². The van der Waals surface area contributed by atoms with E-state index in [0.717, 1.165) is 13.0 Å². The Kier molecular flexibility index (Phi) is 5.20. The maximum atomic E-state index is 3.67. The van der Waals surface area contributed by atoms with Crippen LogP contribution in [0.2, 0.25) is 0 Å². The van der Waals surface area contributed by atoms with E-state index >= 15 is 0 Å². The fourth-order valence-electron chi connectivity index (χ4n) is 2.29. The molecule has 0 spiro atoms. The molecule has 0 bridgehead atoms. The van der Waals surface area contributed by atoms with Crippen molar-refractivity contribution < 1.29 is 0 Å². The van der Waals surface area contributed by atoms with Crippen LogP contribution in [-0.4, -0.2) is 6.54 Å². The fraction of sp³-hybridized carbons (Fsp3) is 0.375. The van der Waals surface area contributed by atoms with Crippen LogP contribution in [-0.2, 0) is 0 Å². The second-order valence-electron chi connectivity index (χ2n) is 4.88. The molecule has 1 nitrogen and oxygen atoms in total. The number of rotatable bonds is 5. The molecule has 0 radical (unpaired) electrons. The number of thiophene rings is 1. The SMILES string of the molecule is CCCNC(c1ccc(C)cc1C)c1sccc1Br. The van der Waals surface area contributed by atoms with Gasteiger partial charge in [0.1, 0.15) is 0 Å². The van der Waals surface area contributed by atoms with E-state index in [1.54, 1.807) is 11.3 Å². The zero-order valence-electron chi connectivity index (χ0n) is 11.7. The van der Waals surface area contributed by atoms with Crippen molar-refractivity contribution in [2.75, 3.05) is 6.54 Å². The lowest BCUT2D eigenvalue weighted by atomic mass is 9.98. The molecule has 1 aromatic heterocycles. The largest absolute Gasteiger partial charge is 0.306 e. The molecule has 1 aromatic carbocycles. The lowest BCUT2D eigenvalue weighted by Gasteiger charge is -2.21. The Bertz CT molecular complexity index is 547. The van der Waals surface area contributed by atoms with Crippen LogP contribution in [0, 0.1) is 13.8 Å². The lowest BCUT2D eigenvalue weighted by molar-refractivity contribution is 0.602. The molecule has 2 aromatic rings. The Balaban J connectivity index is 2.40. The van der Waals surface area contributed by atoms with E-state index < -0.39 is 0 Å². The maximum Gasteiger partial charge on any atom is 0.0685 e. The normalized spacial score (nSPS) is 12.6. The van der Waals surface area contributed by atoms with Gasteiger partial charge in [-0.05, 0) is 65.3 Å². The van der Waals surface area contributed by atoms with Gasteiger partial charge in [-0.2, -0.15) is 0 Å². The highest BCUT2D eigenvalue weighted by Gasteiger charge is 2.19. The molecule has 2 rings (SSSR count). The summed E-state index contributed by atoms with van der Waals surface area (Å²) in [5.41, 5.74) is 4.05. The second kappa shape index (κ2) is 6.69. The number of aryl methyl sites for hydroxylation is 2. The molecule has 1 atom stereocenters. The van der Waals surface area contributed by atoms with E-state index in [2.05, 4.69) is 71.7 Å². The molecular formula is C16H20BrNS. The third kappa shape index (κ3) is 3.47. The number of hydrogen-bond donors (Lipinski definition) is 1. The first-order chi connectivity index (χ1) is 9.13. The number of hydrogen-bond acceptors (Lipinski definition) is 2. The van der Waals surface area contributed by atoms with Gasteiger partial charge in [-0.15, -0.1) is 11.3 Å². The molecule has 0 amide bonds. The van der Waals surface area contributed by atoms with E-state index in [1.807, 2.05) is 0 Å². The third-order valence-electron chi connectivity index (χ3n) is 3.24. The molecule has 1 heterocycles. The van der Waals surface area contributed by atoms with Crippen LogP contribution in [0.3, 0.4) is 0 Å². The molecule has 0 aliphatic rings. The quantitative estimate of drug-likeness (QED) is 0.788. The monoisotopic (exact) mass is 337 g/mol.